The number of aromatic amines is 1. The van der Waals surface area contributed by atoms with Gasteiger partial charge in [-0.05, 0) is 295 Å². The molecule has 10 rings (SSSR count). The zero-order valence-corrected chi connectivity index (χ0v) is 91.1. The highest BCUT2D eigenvalue weighted by Crippen LogP contribution is 2.40. The summed E-state index contributed by atoms with van der Waals surface area (Å²) in [6.45, 7) is 64.9. The average Bonchev–Trinajstić information content (AvgIpc) is 1.43. The fourth-order valence-corrected chi connectivity index (χ4v) is 17.1. The van der Waals surface area contributed by atoms with Crippen molar-refractivity contribution < 1.29 is 126 Å². The van der Waals surface area contributed by atoms with Crippen LogP contribution in [0.4, 0.5) is 30.7 Å². The number of alkyl halides is 7. The van der Waals surface area contributed by atoms with Gasteiger partial charge in [0.2, 0.25) is 17.6 Å². The number of carbonyl (C=O) groups excluding carboxylic acids is 7. The molecule has 0 radical (unpaired) electrons. The Morgan fingerprint density at radius 1 is 0.496 bits per heavy atom. The number of hydrogen-bond acceptors (Lipinski definition) is 26. The molecule has 1 aromatic heterocycles. The van der Waals surface area contributed by atoms with Gasteiger partial charge in [-0.1, -0.05) is 20.8 Å². The first-order valence-electron chi connectivity index (χ1n) is 49.1. The molecule has 9 N–H and O–H groups in total. The van der Waals surface area contributed by atoms with E-state index in [0.29, 0.717) is 47.2 Å². The number of likely N-dealkylation sites (tertiary alicyclic amines) is 8. The summed E-state index contributed by atoms with van der Waals surface area (Å²) in [4.78, 5) is 115. The highest BCUT2D eigenvalue weighted by atomic mass is 31.2. The minimum Gasteiger partial charge on any atom is -0.454 e. The van der Waals surface area contributed by atoms with Crippen molar-refractivity contribution in [1.29, 1.82) is 0 Å². The first-order chi connectivity index (χ1) is 63.1. The third-order valence-corrected chi connectivity index (χ3v) is 24.2. The third-order valence-electron chi connectivity index (χ3n) is 23.8. The summed E-state index contributed by atoms with van der Waals surface area (Å²) >= 11 is 0. The van der Waals surface area contributed by atoms with E-state index in [4.69, 9.17) is 60.1 Å². The normalized spacial score (nSPS) is 24.7. The summed E-state index contributed by atoms with van der Waals surface area (Å²) in [6.07, 6.45) is 8.33. The quantitative estimate of drug-likeness (QED) is 0.0451. The van der Waals surface area contributed by atoms with Gasteiger partial charge in [-0.15, -0.1) is 0 Å². The number of aromatic nitrogens is 3. The lowest BCUT2D eigenvalue weighted by molar-refractivity contribution is -0.208. The van der Waals surface area contributed by atoms with E-state index in [9.17, 15) is 68.9 Å². The Morgan fingerprint density at radius 3 is 1.13 bits per heavy atom. The number of primary amides is 1. The van der Waals surface area contributed by atoms with E-state index in [1.165, 1.54) is 89.7 Å². The van der Waals surface area contributed by atoms with Gasteiger partial charge in [0.1, 0.15) is 49.5 Å². The number of H-pyrrole nitrogens is 1. The summed E-state index contributed by atoms with van der Waals surface area (Å²) in [6, 6.07) is -0.953. The molecule has 11 atom stereocenters. The minimum atomic E-state index is -4.80. The highest BCUT2D eigenvalue weighted by Gasteiger charge is 2.52. The van der Waals surface area contributed by atoms with Crippen LogP contribution in [0.1, 0.15) is 302 Å². The molecule has 9 aliphatic heterocycles. The predicted octanol–water partition coefficient (Wildman–Crippen LogP) is 13.0. The molecule has 9 aliphatic rings. The van der Waals surface area contributed by atoms with Gasteiger partial charge in [-0.3, -0.25) is 62.8 Å². The van der Waals surface area contributed by atoms with Crippen LogP contribution in [0, 0.1) is 11.3 Å². The molecule has 0 aromatic carbocycles. The van der Waals surface area contributed by atoms with E-state index in [0.717, 1.165) is 72.3 Å². The van der Waals surface area contributed by atoms with Crippen LogP contribution in [0.25, 0.3) is 0 Å². The molecule has 34 nitrogen and oxygen atoms in total. The fraction of sp³-hybridized carbons (Fsp3) is 0.907. The Morgan fingerprint density at radius 2 is 0.863 bits per heavy atom. The number of amides is 5. The van der Waals surface area contributed by atoms with Crippen LogP contribution >= 0.6 is 7.82 Å². The zero-order chi connectivity index (χ0) is 107. The Labute approximate surface area is 825 Å². The highest BCUT2D eigenvalue weighted by molar-refractivity contribution is 7.46. The van der Waals surface area contributed by atoms with E-state index in [2.05, 4.69) is 160 Å². The van der Waals surface area contributed by atoms with E-state index >= 15 is 0 Å². The van der Waals surface area contributed by atoms with Crippen molar-refractivity contribution in [3.05, 3.63) is 12.2 Å². The second-order valence-corrected chi connectivity index (χ2v) is 47.8. The topological polar surface area (TPSA) is 415 Å². The van der Waals surface area contributed by atoms with Crippen LogP contribution in [0.2, 0.25) is 0 Å². The monoisotopic (exact) mass is 2030 g/mol. The van der Waals surface area contributed by atoms with Gasteiger partial charge in [0.25, 0.3) is 35.5 Å². The van der Waals surface area contributed by atoms with Crippen molar-refractivity contribution in [2.45, 2.75) is 420 Å². The second kappa shape index (κ2) is 55.9. The van der Waals surface area contributed by atoms with Crippen molar-refractivity contribution in [2.75, 3.05) is 139 Å². The molecule has 0 saturated carbocycles. The van der Waals surface area contributed by atoms with Crippen LogP contribution in [0.5, 0.6) is 0 Å². The van der Waals surface area contributed by atoms with Gasteiger partial charge in [-0.2, -0.15) is 5.10 Å². The molecule has 5 amide bonds. The number of carbonyl (C=O) groups is 7. The summed E-state index contributed by atoms with van der Waals surface area (Å²) in [5, 5.41) is 6.11. The van der Waals surface area contributed by atoms with E-state index in [-0.39, 0.29) is 80.3 Å². The predicted molar refractivity (Wildman–Crippen MR) is 521 cm³/mol. The number of hydrogen-bond donors (Lipinski definition) is 6. The summed E-state index contributed by atoms with van der Waals surface area (Å²) < 4.78 is 160. The number of nitrogens with two attached hydrogens (primary N) is 3. The number of ether oxygens (including phenoxy) is 9. The molecule has 0 aliphatic carbocycles. The molecule has 42 heteroatoms. The first-order valence-corrected chi connectivity index (χ1v) is 50.6. The van der Waals surface area contributed by atoms with Crippen molar-refractivity contribution in [2.24, 2.45) is 28.5 Å². The summed E-state index contributed by atoms with van der Waals surface area (Å²) in [5.74, 6) is -12.7. The number of halogens is 7. The third kappa shape index (κ3) is 51.4. The Kier molecular flexibility index (Phi) is 52.1. The van der Waals surface area contributed by atoms with Crippen molar-refractivity contribution in [3.63, 3.8) is 0 Å². The molecule has 814 valence electrons. The molecular weight excluding hydrogens is 1850 g/mol. The molecule has 0 unspecified atom stereocenters. The molecule has 9 fully saturated rings. The molecular formula is C97H182F7N14O20P. The van der Waals surface area contributed by atoms with E-state index in [1.54, 1.807) is 76.5 Å². The van der Waals surface area contributed by atoms with Crippen molar-refractivity contribution >= 4 is 49.3 Å². The fourth-order valence-electron chi connectivity index (χ4n) is 16.8. The van der Waals surface area contributed by atoms with Crippen molar-refractivity contribution in [1.82, 2.24) is 54.4 Å². The van der Waals surface area contributed by atoms with Gasteiger partial charge >= 0.3 is 19.8 Å². The number of methoxy groups -OCH3 is 2. The van der Waals surface area contributed by atoms with Gasteiger partial charge < -0.3 is 89.2 Å². The number of piperidine rings is 4. The van der Waals surface area contributed by atoms with Gasteiger partial charge in [0, 0.05) is 108 Å². The molecule has 0 spiro atoms. The molecule has 0 bridgehead atoms. The minimum absolute atomic E-state index is 0.0136. The Hall–Kier alpha value is -5.47. The Balaban J connectivity index is 0.000000537. The van der Waals surface area contributed by atoms with E-state index in [1.807, 2.05) is 20.8 Å². The molecule has 10 heterocycles. The van der Waals surface area contributed by atoms with Gasteiger partial charge in [0.05, 0.1) is 72.9 Å². The Bertz CT molecular complexity index is 3740. The lowest BCUT2D eigenvalue weighted by Gasteiger charge is -2.40. The smallest absolute Gasteiger partial charge is 0.454 e. The summed E-state index contributed by atoms with van der Waals surface area (Å²) in [7, 11) is -1.20. The van der Waals surface area contributed by atoms with Gasteiger partial charge in [-0.25, -0.2) is 40.3 Å². The maximum Gasteiger partial charge on any atom is 0.470 e. The maximum atomic E-state index is 14.1. The van der Waals surface area contributed by atoms with Gasteiger partial charge in [0.15, 0.2) is 13.2 Å². The lowest BCUT2D eigenvalue weighted by Crippen LogP contribution is -2.56. The van der Waals surface area contributed by atoms with Crippen LogP contribution in [-0.2, 0) is 80.5 Å². The number of nitrogens with zero attached hydrogens (tertiary/aromatic N) is 10. The number of esters is 2. The lowest BCUT2D eigenvalue weighted by atomic mass is 9.81. The number of phosphoric acid groups is 1. The molecule has 1 aromatic rings. The SMILES string of the molecule is CC(C)(C)CC1CCOCC1.CC(C)(C)N1CCC[C@@H]1C(N)=O.CC(C)(C)O[C@H]1CCN(C(=O)COP(=O)(O)O)CC1(F)F.CC(C)(C)O[C@H]1CCN(C(=O)c2ncn[nH]2)C[C@H]1F.CO[C@@H]1CCN(C(C)(C)C)C1.CO[C@H]1CCN(C(C)(C)C)C1.C[C@@H](N)C(=O)OCC(=O)N1CC[C@H](OC(C)(C)C)C(F)(F)C1.C[C@@H]1CCCN1C(C)(C)C.C[C@H](N)C(=O)OCC(=O)N1CC[C@H](OC(C)(C)C)C(F)(F)C1. The van der Waals surface area contributed by atoms with Crippen LogP contribution in [0.15, 0.2) is 6.33 Å². The summed E-state index contributed by atoms with van der Waals surface area (Å²) in [5.41, 5.74) is 15.0. The average molecular weight is 2030 g/mol. The van der Waals surface area contributed by atoms with Crippen LogP contribution in [0.3, 0.4) is 0 Å². The second-order valence-electron chi connectivity index (χ2n) is 46.6. The van der Waals surface area contributed by atoms with Crippen LogP contribution in [-0.4, -0.2) is 374 Å². The largest absolute Gasteiger partial charge is 0.470 e. The van der Waals surface area contributed by atoms with Crippen LogP contribution < -0.4 is 17.2 Å². The van der Waals surface area contributed by atoms with Crippen molar-refractivity contribution in [3.8, 4) is 0 Å². The first kappa shape index (κ1) is 130. The number of rotatable bonds is 18. The molecule has 9 saturated heterocycles. The van der Waals surface area contributed by atoms with E-state index < -0.39 is 154 Å². The maximum absolute atomic E-state index is 14.1. The zero-order valence-electron chi connectivity index (χ0n) is 90.2. The molecule has 139 heavy (non-hydrogen) atoms. The number of nitrogens with one attached hydrogen (secondary N) is 1. The standard InChI is InChI=1S/2C14H24F2N2O4.C12H19FN4O2.C11H20F2NO6P.C10H20O.C9H18N2O.2C9H19NO.C9H19N/c2*1-9(17)12(20)21-7-11(19)18-6-5-10(14(15,16)8-18)22-13(2,3)4;1-12(2,3)19-9-4-5-17(6-8(9)13)11(18)10-14-7-15-16-10;1-10(2,3)20-8-4-5-14(7-11(8,12)13)9(15)6-19-21(16,17)18;1-10(2,3)8-9-4-6-11-7-5-9;1-9(2,3)11-6-4-5-7(11)8(10)12;2*1-9(2,3)10-6-5-8(7-10)11-4;1-8-6-5-7-10(8)9(2,3)4/h2*9-10H,5-8,17H2,1-4H3;7-9H,4-6H2,1-3H3,(H,14,15,16);8H,4-7H2,1-3H3,(H2,16,17,18);9H,4-8H2,1-3H3;7H,4-6H2,1-3H3,(H2,10,12);2*8H,5-7H2,1-4H3;8H,5-7H2,1-4H3/t9-,10+;9-,10-;8-,9+;8-;;7-;3*8-/m1010.1101/s1. The number of phosphoric ester groups is 1.